The minimum absolute atomic E-state index is 0.0383. The van der Waals surface area contributed by atoms with Gasteiger partial charge in [-0.1, -0.05) is 78.8 Å². The fraction of sp³-hybridized carbons (Fsp3) is 0.500. The third-order valence-corrected chi connectivity index (χ3v) is 6.23. The van der Waals surface area contributed by atoms with Crippen LogP contribution in [0.1, 0.15) is 78.9 Å². The first-order valence-electron chi connectivity index (χ1n) is 10.8. The molecule has 2 aromatic carbocycles. The molecule has 158 valence electrons. The van der Waals surface area contributed by atoms with Crippen molar-refractivity contribution in [2.24, 2.45) is 0 Å². The van der Waals surface area contributed by atoms with Gasteiger partial charge in [-0.05, 0) is 53.9 Å². The average molecular weight is 396 g/mol. The van der Waals surface area contributed by atoms with Gasteiger partial charge in [0, 0.05) is 11.3 Å². The highest BCUT2D eigenvalue weighted by Crippen LogP contribution is 2.39. The van der Waals surface area contributed by atoms with Crippen LogP contribution in [0.3, 0.4) is 0 Å². The van der Waals surface area contributed by atoms with Gasteiger partial charge in [-0.2, -0.15) is 0 Å². The quantitative estimate of drug-likeness (QED) is 0.504. The molecule has 0 heterocycles. The molecular formula is C26H37NO2. The highest BCUT2D eigenvalue weighted by atomic mass is 16.5. The first-order chi connectivity index (χ1) is 13.6. The highest BCUT2D eigenvalue weighted by Gasteiger charge is 2.28. The summed E-state index contributed by atoms with van der Waals surface area (Å²) in [6.45, 7) is 15.4. The molecule has 0 aromatic heterocycles. The first kappa shape index (κ1) is 23.0. The zero-order valence-corrected chi connectivity index (χ0v) is 19.1. The molecule has 0 bridgehead atoms. The van der Waals surface area contributed by atoms with Gasteiger partial charge in [0.2, 0.25) is 0 Å². The summed E-state index contributed by atoms with van der Waals surface area (Å²) in [6.07, 6.45) is 2.13. The number of rotatable bonds is 9. The van der Waals surface area contributed by atoms with E-state index in [0.29, 0.717) is 6.42 Å². The Bertz CT molecular complexity index is 809. The smallest absolute Gasteiger partial charge is 0.265 e. The van der Waals surface area contributed by atoms with Crippen molar-refractivity contribution >= 4 is 11.6 Å². The van der Waals surface area contributed by atoms with Crippen LogP contribution in [-0.2, 0) is 15.6 Å². The number of anilines is 1. The van der Waals surface area contributed by atoms with Gasteiger partial charge in [-0.25, -0.2) is 0 Å². The number of hydrogen-bond donors (Lipinski definition) is 1. The first-order valence-corrected chi connectivity index (χ1v) is 10.8. The molecule has 0 aliphatic heterocycles. The molecule has 0 radical (unpaired) electrons. The van der Waals surface area contributed by atoms with E-state index in [1.54, 1.807) is 0 Å². The molecule has 2 rings (SSSR count). The lowest BCUT2D eigenvalue weighted by molar-refractivity contribution is -0.122. The van der Waals surface area contributed by atoms with E-state index in [-0.39, 0.29) is 16.7 Å². The zero-order chi connectivity index (χ0) is 21.7. The van der Waals surface area contributed by atoms with Gasteiger partial charge in [0.25, 0.3) is 5.91 Å². The lowest BCUT2D eigenvalue weighted by atomic mass is 9.76. The molecule has 0 spiro atoms. The van der Waals surface area contributed by atoms with Crippen molar-refractivity contribution in [3.8, 4) is 5.75 Å². The lowest BCUT2D eigenvalue weighted by Gasteiger charge is -2.31. The summed E-state index contributed by atoms with van der Waals surface area (Å²) < 4.78 is 6.31. The van der Waals surface area contributed by atoms with Gasteiger partial charge in [-0.3, -0.25) is 4.79 Å². The fourth-order valence-corrected chi connectivity index (χ4v) is 3.20. The maximum Gasteiger partial charge on any atom is 0.265 e. The van der Waals surface area contributed by atoms with Crippen molar-refractivity contribution in [2.45, 2.75) is 84.7 Å². The predicted octanol–water partition coefficient (Wildman–Crippen LogP) is 6.86. The Morgan fingerprint density at radius 2 is 1.55 bits per heavy atom. The average Bonchev–Trinajstić information content (AvgIpc) is 2.72. The summed E-state index contributed by atoms with van der Waals surface area (Å²) in [5.74, 6) is 0.694. The third-order valence-electron chi connectivity index (χ3n) is 6.23. The molecule has 0 saturated carbocycles. The molecule has 1 unspecified atom stereocenters. The molecule has 1 amide bonds. The number of hydrogen-bond acceptors (Lipinski definition) is 2. The molecule has 3 heteroatoms. The molecular weight excluding hydrogens is 358 g/mol. The largest absolute Gasteiger partial charge is 0.480 e. The van der Waals surface area contributed by atoms with Crippen molar-refractivity contribution in [3.05, 3.63) is 59.7 Å². The Labute approximate surface area is 176 Å². The van der Waals surface area contributed by atoms with Gasteiger partial charge in [0.1, 0.15) is 5.75 Å². The molecule has 0 saturated heterocycles. The number of benzene rings is 2. The molecule has 0 aliphatic carbocycles. The topological polar surface area (TPSA) is 38.3 Å². The van der Waals surface area contributed by atoms with Gasteiger partial charge in [-0.15, -0.1) is 0 Å². The third kappa shape index (κ3) is 5.62. The lowest BCUT2D eigenvalue weighted by Crippen LogP contribution is -2.33. The summed E-state index contributed by atoms with van der Waals surface area (Å²) in [5.41, 5.74) is 3.33. The minimum Gasteiger partial charge on any atom is -0.480 e. The number of amides is 1. The van der Waals surface area contributed by atoms with E-state index in [0.717, 1.165) is 24.3 Å². The highest BCUT2D eigenvalue weighted by molar-refractivity contribution is 5.94. The van der Waals surface area contributed by atoms with Gasteiger partial charge in [0.15, 0.2) is 6.10 Å². The molecule has 0 aliphatic rings. The number of carbonyl (C=O) groups is 1. The van der Waals surface area contributed by atoms with Crippen molar-refractivity contribution in [1.29, 1.82) is 0 Å². The number of carbonyl (C=O) groups excluding carboxylic acids is 1. The van der Waals surface area contributed by atoms with E-state index in [9.17, 15) is 4.79 Å². The predicted molar refractivity (Wildman–Crippen MR) is 123 cm³/mol. The van der Waals surface area contributed by atoms with Crippen LogP contribution in [0.2, 0.25) is 0 Å². The van der Waals surface area contributed by atoms with Crippen molar-refractivity contribution in [1.82, 2.24) is 0 Å². The SMILES string of the molecule is CCC(Oc1ccc(C(C)(C)CC)cc1C(C)(C)CC)C(=O)Nc1ccccc1. The van der Waals surface area contributed by atoms with Crippen LogP contribution in [0.15, 0.2) is 48.5 Å². The van der Waals surface area contributed by atoms with Crippen LogP contribution in [0.25, 0.3) is 0 Å². The number of para-hydroxylation sites is 1. The molecule has 1 atom stereocenters. The van der Waals surface area contributed by atoms with Crippen molar-refractivity contribution in [2.75, 3.05) is 5.32 Å². The molecule has 2 aromatic rings. The van der Waals surface area contributed by atoms with Crippen LogP contribution in [0, 0.1) is 0 Å². The van der Waals surface area contributed by atoms with Crippen LogP contribution in [0.5, 0.6) is 5.75 Å². The number of nitrogens with one attached hydrogen (secondary N) is 1. The van der Waals surface area contributed by atoms with E-state index in [2.05, 4.69) is 65.1 Å². The maximum atomic E-state index is 12.8. The zero-order valence-electron chi connectivity index (χ0n) is 19.1. The van der Waals surface area contributed by atoms with Crippen molar-refractivity contribution < 1.29 is 9.53 Å². The van der Waals surface area contributed by atoms with Crippen LogP contribution < -0.4 is 10.1 Å². The Morgan fingerprint density at radius 3 is 2.10 bits per heavy atom. The van der Waals surface area contributed by atoms with Crippen molar-refractivity contribution in [3.63, 3.8) is 0 Å². The monoisotopic (exact) mass is 395 g/mol. The Kier molecular flexibility index (Phi) is 7.51. The molecule has 0 fully saturated rings. The Hall–Kier alpha value is -2.29. The van der Waals surface area contributed by atoms with E-state index in [4.69, 9.17) is 4.74 Å². The summed E-state index contributed by atoms with van der Waals surface area (Å²) in [7, 11) is 0. The second-order valence-corrected chi connectivity index (χ2v) is 9.06. The summed E-state index contributed by atoms with van der Waals surface area (Å²) in [4.78, 5) is 12.8. The fourth-order valence-electron chi connectivity index (χ4n) is 3.20. The van der Waals surface area contributed by atoms with E-state index in [1.807, 2.05) is 37.3 Å². The van der Waals surface area contributed by atoms with Crippen LogP contribution >= 0.6 is 0 Å². The maximum absolute atomic E-state index is 12.8. The summed E-state index contributed by atoms with van der Waals surface area (Å²) in [6, 6.07) is 16.0. The minimum atomic E-state index is -0.536. The van der Waals surface area contributed by atoms with Gasteiger partial charge < -0.3 is 10.1 Å². The summed E-state index contributed by atoms with van der Waals surface area (Å²) in [5, 5.41) is 2.97. The van der Waals surface area contributed by atoms with Gasteiger partial charge >= 0.3 is 0 Å². The Balaban J connectivity index is 2.35. The molecule has 1 N–H and O–H groups in total. The second kappa shape index (κ2) is 9.47. The molecule has 3 nitrogen and oxygen atoms in total. The van der Waals surface area contributed by atoms with Crippen LogP contribution in [0.4, 0.5) is 5.69 Å². The Morgan fingerprint density at radius 1 is 0.931 bits per heavy atom. The normalized spacial score (nSPS) is 13.1. The second-order valence-electron chi connectivity index (χ2n) is 9.06. The summed E-state index contributed by atoms with van der Waals surface area (Å²) >= 11 is 0. The van der Waals surface area contributed by atoms with E-state index >= 15 is 0 Å². The van der Waals surface area contributed by atoms with Gasteiger partial charge in [0.05, 0.1) is 0 Å². The molecule has 29 heavy (non-hydrogen) atoms. The standard InChI is InChI=1S/C26H37NO2/c1-8-22(24(28)27-20-14-12-11-13-15-20)29-23-17-16-19(25(4,5)9-2)18-21(23)26(6,7)10-3/h11-18,22H,8-10H2,1-7H3,(H,27,28). The number of ether oxygens (including phenoxy) is 1. The van der Waals surface area contributed by atoms with E-state index < -0.39 is 6.10 Å². The van der Waals surface area contributed by atoms with E-state index in [1.165, 1.54) is 11.1 Å². The van der Waals surface area contributed by atoms with Crippen LogP contribution in [-0.4, -0.2) is 12.0 Å².